The zero-order valence-corrected chi connectivity index (χ0v) is 18.9. The zero-order chi connectivity index (χ0) is 23.8. The first-order valence-corrected chi connectivity index (χ1v) is 11.7. The van der Waals surface area contributed by atoms with E-state index in [0.29, 0.717) is 24.3 Å². The summed E-state index contributed by atoms with van der Waals surface area (Å²) in [5.41, 5.74) is 0.288. The van der Waals surface area contributed by atoms with Crippen molar-refractivity contribution in [1.29, 1.82) is 0 Å². The second-order valence-electron chi connectivity index (χ2n) is 7.91. The van der Waals surface area contributed by atoms with Gasteiger partial charge in [0.1, 0.15) is 16.9 Å². The quantitative estimate of drug-likeness (QED) is 0.350. The second-order valence-corrected chi connectivity index (χ2v) is 9.46. The van der Waals surface area contributed by atoms with Crippen molar-refractivity contribution >= 4 is 41.8 Å². The third kappa shape index (κ3) is 5.30. The number of nitrogens with zero attached hydrogens (tertiary/aromatic N) is 2. The van der Waals surface area contributed by atoms with Crippen LogP contribution < -0.4 is 0 Å². The smallest absolute Gasteiger partial charge is 0.436 e. The molecule has 0 spiro atoms. The molecule has 2 aromatic rings. The predicted octanol–water partition coefficient (Wildman–Crippen LogP) is 4.82. The minimum Gasteiger partial charge on any atom is -0.436 e. The number of carbonyl (C=O) groups excluding carboxylic acids is 2. The maximum Gasteiger partial charge on any atom is 0.490 e. The van der Waals surface area contributed by atoms with Gasteiger partial charge in [-0.15, -0.1) is 11.3 Å². The molecule has 176 valence electrons. The van der Waals surface area contributed by atoms with Gasteiger partial charge in [-0.05, 0) is 31.4 Å². The number of benzene rings is 1. The first-order valence-electron chi connectivity index (χ1n) is 10.3. The Morgan fingerprint density at radius 1 is 1.24 bits per heavy atom. The number of thiazole rings is 1. The van der Waals surface area contributed by atoms with Gasteiger partial charge in [-0.25, -0.2) is 14.2 Å². The van der Waals surface area contributed by atoms with E-state index >= 15 is 0 Å². The number of hydrogen-bond acceptors (Lipinski definition) is 7. The van der Waals surface area contributed by atoms with Gasteiger partial charge in [0.25, 0.3) is 0 Å². The van der Waals surface area contributed by atoms with Crippen molar-refractivity contribution in [1.82, 2.24) is 9.88 Å². The van der Waals surface area contributed by atoms with Crippen molar-refractivity contribution in [3.05, 3.63) is 57.8 Å². The van der Waals surface area contributed by atoms with E-state index in [1.165, 1.54) is 46.7 Å². The highest BCUT2D eigenvalue weighted by molar-refractivity contribution is 7.81. The molecule has 0 N–H and O–H groups in total. The maximum atomic E-state index is 14.8. The van der Waals surface area contributed by atoms with E-state index in [4.69, 9.17) is 4.74 Å². The lowest BCUT2D eigenvalue weighted by molar-refractivity contribution is -0.212. The van der Waals surface area contributed by atoms with Crippen LogP contribution in [0.15, 0.2) is 41.4 Å². The number of ether oxygens (including phenoxy) is 1. The molecular formula is C22H20F4N2O3S2. The molecule has 1 saturated carbocycles. The minimum atomic E-state index is -5.24. The van der Waals surface area contributed by atoms with E-state index in [1.807, 2.05) is 0 Å². The number of carbonyl (C=O) groups is 2. The average molecular weight is 501 g/mol. The van der Waals surface area contributed by atoms with Gasteiger partial charge < -0.3 is 4.74 Å². The highest BCUT2D eigenvalue weighted by atomic mass is 32.1. The number of ketones is 1. The predicted molar refractivity (Wildman–Crippen MR) is 117 cm³/mol. The second kappa shape index (κ2) is 9.55. The van der Waals surface area contributed by atoms with Crippen LogP contribution in [0, 0.1) is 11.7 Å². The number of thiol groups is 1. The molecule has 1 saturated heterocycles. The van der Waals surface area contributed by atoms with Crippen LogP contribution in [0.4, 0.5) is 17.6 Å². The molecular weight excluding hydrogens is 480 g/mol. The number of aromatic nitrogens is 1. The van der Waals surface area contributed by atoms with E-state index in [2.05, 4.69) is 17.6 Å². The summed E-state index contributed by atoms with van der Waals surface area (Å²) >= 11 is 5.74. The van der Waals surface area contributed by atoms with Gasteiger partial charge in [0.15, 0.2) is 12.0 Å². The van der Waals surface area contributed by atoms with Crippen LogP contribution >= 0.6 is 24.0 Å². The third-order valence-electron chi connectivity index (χ3n) is 5.60. The zero-order valence-electron chi connectivity index (χ0n) is 17.2. The number of alkyl halides is 3. The molecule has 2 aliphatic rings. The Balaban J connectivity index is 1.80. The van der Waals surface area contributed by atoms with Crippen molar-refractivity contribution < 1.29 is 31.9 Å². The van der Waals surface area contributed by atoms with Crippen molar-refractivity contribution in [2.75, 3.05) is 6.54 Å². The number of hydrogen-bond donors (Lipinski definition) is 1. The molecule has 0 amide bonds. The maximum absolute atomic E-state index is 14.8. The summed E-state index contributed by atoms with van der Waals surface area (Å²) in [7, 11) is 0. The summed E-state index contributed by atoms with van der Waals surface area (Å²) in [6.45, 7) is 0.0800. The molecule has 4 rings (SSSR count). The summed E-state index contributed by atoms with van der Waals surface area (Å²) in [4.78, 5) is 30.6. The molecule has 5 nitrogen and oxygen atoms in total. The topological polar surface area (TPSA) is 59.5 Å². The van der Waals surface area contributed by atoms with E-state index < -0.39 is 35.5 Å². The van der Waals surface area contributed by atoms with Gasteiger partial charge in [-0.1, -0.05) is 18.2 Å². The Kier molecular flexibility index (Phi) is 6.92. The Morgan fingerprint density at radius 3 is 2.58 bits per heavy atom. The number of halogens is 4. The summed E-state index contributed by atoms with van der Waals surface area (Å²) in [6, 6.07) is 4.44. The van der Waals surface area contributed by atoms with E-state index in [1.54, 1.807) is 11.4 Å². The third-order valence-corrected chi connectivity index (χ3v) is 6.88. The van der Waals surface area contributed by atoms with Crippen molar-refractivity contribution in [3.63, 3.8) is 0 Å². The molecule has 2 fully saturated rings. The number of Topliss-reactive ketones (excluding diaryl/α,β-unsaturated/α-hetero) is 1. The van der Waals surface area contributed by atoms with Gasteiger partial charge in [0.05, 0.1) is 0 Å². The summed E-state index contributed by atoms with van der Waals surface area (Å²) in [5.74, 6) is -3.67. The molecule has 1 aromatic carbocycles. The lowest BCUT2D eigenvalue weighted by atomic mass is 9.92. The molecule has 0 radical (unpaired) electrons. The summed E-state index contributed by atoms with van der Waals surface area (Å²) < 4.78 is 59.2. The lowest BCUT2D eigenvalue weighted by Crippen LogP contribution is -2.52. The molecule has 3 atom stereocenters. The largest absolute Gasteiger partial charge is 0.490 e. The highest BCUT2D eigenvalue weighted by Crippen LogP contribution is 2.42. The van der Waals surface area contributed by atoms with Crippen molar-refractivity contribution in [2.45, 2.75) is 43.0 Å². The van der Waals surface area contributed by atoms with E-state index in [9.17, 15) is 27.2 Å². The molecule has 33 heavy (non-hydrogen) atoms. The van der Waals surface area contributed by atoms with Crippen LogP contribution in [-0.2, 0) is 14.3 Å². The van der Waals surface area contributed by atoms with E-state index in [0.717, 1.165) is 0 Å². The molecule has 1 aromatic heterocycles. The first-order chi connectivity index (χ1) is 15.7. The van der Waals surface area contributed by atoms with Crippen LogP contribution in [0.1, 0.15) is 35.9 Å². The minimum absolute atomic E-state index is 0.0358. The number of rotatable bonds is 6. The fourth-order valence-corrected chi connectivity index (χ4v) is 4.78. The highest BCUT2D eigenvalue weighted by Gasteiger charge is 2.49. The summed E-state index contributed by atoms with van der Waals surface area (Å²) in [6.07, 6.45) is -2.16. The molecule has 3 unspecified atom stereocenters. The first kappa shape index (κ1) is 23.9. The number of esters is 1. The van der Waals surface area contributed by atoms with Gasteiger partial charge in [-0.3, -0.25) is 9.69 Å². The number of piperidine rings is 1. The summed E-state index contributed by atoms with van der Waals surface area (Å²) in [5, 5.41) is 1.62. The molecule has 11 heteroatoms. The van der Waals surface area contributed by atoms with Crippen LogP contribution in [0.3, 0.4) is 0 Å². The van der Waals surface area contributed by atoms with Crippen LogP contribution in [0.5, 0.6) is 0 Å². The standard InChI is InChI=1S/C22H20F4N2O3S2/c23-15-4-2-1-3-13(15)18(19(29)12-5-6-12)28-9-7-16(32)14(11-17-27-8-10-33-17)20(28)31-21(30)22(24,25)26/h1-4,8,10-12,16,18,20,32H,5-7,9H2/b14-11-. The Bertz CT molecular complexity index is 1050. The average Bonchev–Trinajstić information content (AvgIpc) is 3.49. The van der Waals surface area contributed by atoms with Crippen LogP contribution in [0.2, 0.25) is 0 Å². The number of likely N-dealkylation sites (tertiary alicyclic amines) is 1. The van der Waals surface area contributed by atoms with Gasteiger partial charge in [-0.2, -0.15) is 25.8 Å². The fraction of sp³-hybridized carbons (Fsp3) is 0.409. The van der Waals surface area contributed by atoms with Gasteiger partial charge in [0, 0.05) is 40.4 Å². The Hall–Kier alpha value is -2.24. The van der Waals surface area contributed by atoms with Gasteiger partial charge in [0.2, 0.25) is 0 Å². The SMILES string of the molecule is O=C(C1CC1)C(c1ccccc1F)N1CCC(S)/C(=C/c2nccs2)C1OC(=O)C(F)(F)F. The van der Waals surface area contributed by atoms with Crippen LogP contribution in [0.25, 0.3) is 6.08 Å². The molecule has 2 heterocycles. The monoisotopic (exact) mass is 500 g/mol. The fourth-order valence-electron chi connectivity index (χ4n) is 3.88. The molecule has 0 bridgehead atoms. The molecule has 1 aliphatic carbocycles. The Labute approximate surface area is 196 Å². The van der Waals surface area contributed by atoms with Crippen LogP contribution in [-0.4, -0.2) is 45.8 Å². The Morgan fingerprint density at radius 2 is 1.97 bits per heavy atom. The van der Waals surface area contributed by atoms with Crippen molar-refractivity contribution in [3.8, 4) is 0 Å². The molecule has 1 aliphatic heterocycles. The lowest BCUT2D eigenvalue weighted by Gasteiger charge is -2.43. The van der Waals surface area contributed by atoms with Crippen molar-refractivity contribution in [2.24, 2.45) is 5.92 Å². The van der Waals surface area contributed by atoms with E-state index in [-0.39, 0.29) is 29.4 Å². The van der Waals surface area contributed by atoms with Gasteiger partial charge >= 0.3 is 12.1 Å². The normalized spacial score (nSPS) is 24.0.